The summed E-state index contributed by atoms with van der Waals surface area (Å²) in [6.45, 7) is 0. The minimum absolute atomic E-state index is 0.0376. The Balaban J connectivity index is 2.93. The largest absolute Gasteiger partial charge is 0.352 e. The molecular formula is C10H4BrCl2F2NO. The third-order valence-corrected chi connectivity index (χ3v) is 3.94. The topological polar surface area (TPSA) is 32.9 Å². The molecule has 0 aliphatic carbocycles. The van der Waals surface area contributed by atoms with Crippen LogP contribution in [0.5, 0.6) is 0 Å². The van der Waals surface area contributed by atoms with E-state index in [-0.39, 0.29) is 20.9 Å². The van der Waals surface area contributed by atoms with E-state index in [0.29, 0.717) is 4.47 Å². The lowest BCUT2D eigenvalue weighted by molar-refractivity contribution is 0.146. The number of benzene rings is 1. The first-order valence-corrected chi connectivity index (χ1v) is 5.95. The zero-order chi connectivity index (χ0) is 12.7. The lowest BCUT2D eigenvalue weighted by Gasteiger charge is -2.07. The molecule has 2 aromatic rings. The van der Waals surface area contributed by atoms with E-state index in [2.05, 4.69) is 20.9 Å². The molecule has 0 fully saturated rings. The van der Waals surface area contributed by atoms with E-state index in [1.54, 1.807) is 0 Å². The summed E-state index contributed by atoms with van der Waals surface area (Å²) in [5, 5.41) is 0.410. The molecule has 1 heterocycles. The average Bonchev–Trinajstić information content (AvgIpc) is 2.27. The van der Waals surface area contributed by atoms with Gasteiger partial charge >= 0.3 is 0 Å². The summed E-state index contributed by atoms with van der Waals surface area (Å²) in [5.41, 5.74) is -0.904. The predicted molar refractivity (Wildman–Crippen MR) is 67.2 cm³/mol. The van der Waals surface area contributed by atoms with E-state index in [0.717, 1.165) is 6.07 Å². The maximum Gasteiger partial charge on any atom is 0.278 e. The van der Waals surface area contributed by atoms with E-state index in [9.17, 15) is 13.6 Å². The van der Waals surface area contributed by atoms with Crippen molar-refractivity contribution in [2.75, 3.05) is 0 Å². The summed E-state index contributed by atoms with van der Waals surface area (Å²) < 4.78 is 25.5. The SMILES string of the molecule is O=c1cc(C(F)F)[nH]c2c(Cl)c(Cl)c(Br)cc12. The molecule has 0 saturated carbocycles. The first kappa shape index (κ1) is 12.8. The van der Waals surface area contributed by atoms with Crippen molar-refractivity contribution in [2.24, 2.45) is 0 Å². The Morgan fingerprint density at radius 2 is 1.88 bits per heavy atom. The molecule has 0 saturated heterocycles. The Morgan fingerprint density at radius 3 is 2.47 bits per heavy atom. The van der Waals surface area contributed by atoms with Gasteiger partial charge in [0.2, 0.25) is 0 Å². The van der Waals surface area contributed by atoms with E-state index in [1.807, 2.05) is 0 Å². The van der Waals surface area contributed by atoms with Gasteiger partial charge in [0, 0.05) is 15.9 Å². The fourth-order valence-corrected chi connectivity index (χ4v) is 2.37. The van der Waals surface area contributed by atoms with Crippen molar-refractivity contribution in [3.05, 3.63) is 42.6 Å². The van der Waals surface area contributed by atoms with Crippen molar-refractivity contribution < 1.29 is 8.78 Å². The van der Waals surface area contributed by atoms with E-state index in [1.165, 1.54) is 6.07 Å². The van der Waals surface area contributed by atoms with Gasteiger partial charge < -0.3 is 4.98 Å². The molecule has 0 unspecified atom stereocenters. The number of hydrogen-bond acceptors (Lipinski definition) is 1. The molecule has 0 spiro atoms. The molecule has 0 amide bonds. The Hall–Kier alpha value is -0.650. The highest BCUT2D eigenvalue weighted by atomic mass is 79.9. The summed E-state index contributed by atoms with van der Waals surface area (Å²) in [5.74, 6) is 0. The fourth-order valence-electron chi connectivity index (χ4n) is 1.43. The van der Waals surface area contributed by atoms with Crippen molar-refractivity contribution in [1.82, 2.24) is 4.98 Å². The van der Waals surface area contributed by atoms with Crippen LogP contribution in [0.3, 0.4) is 0 Å². The normalized spacial score (nSPS) is 11.4. The van der Waals surface area contributed by atoms with Crippen LogP contribution >= 0.6 is 39.1 Å². The van der Waals surface area contributed by atoms with Crippen LogP contribution < -0.4 is 5.43 Å². The van der Waals surface area contributed by atoms with Crippen LogP contribution in [0.4, 0.5) is 8.78 Å². The molecule has 90 valence electrons. The zero-order valence-electron chi connectivity index (χ0n) is 8.03. The maximum atomic E-state index is 12.5. The molecule has 1 aromatic carbocycles. The van der Waals surface area contributed by atoms with Crippen LogP contribution in [0.2, 0.25) is 10.0 Å². The van der Waals surface area contributed by atoms with Crippen LogP contribution in [-0.2, 0) is 0 Å². The molecule has 1 aromatic heterocycles. The quantitative estimate of drug-likeness (QED) is 0.758. The van der Waals surface area contributed by atoms with Crippen LogP contribution in [0.25, 0.3) is 10.9 Å². The van der Waals surface area contributed by atoms with Gasteiger partial charge in [-0.1, -0.05) is 23.2 Å². The summed E-state index contributed by atoms with van der Waals surface area (Å²) in [6.07, 6.45) is -2.77. The number of rotatable bonds is 1. The minimum atomic E-state index is -2.77. The van der Waals surface area contributed by atoms with Gasteiger partial charge in [-0.2, -0.15) is 0 Å². The molecule has 2 rings (SSSR count). The van der Waals surface area contributed by atoms with Gasteiger partial charge in [0.15, 0.2) is 5.43 Å². The first-order chi connectivity index (χ1) is 7.91. The minimum Gasteiger partial charge on any atom is -0.352 e. The van der Waals surface area contributed by atoms with Crippen molar-refractivity contribution in [1.29, 1.82) is 0 Å². The Labute approximate surface area is 113 Å². The highest BCUT2D eigenvalue weighted by molar-refractivity contribution is 9.10. The Bertz CT molecular complexity index is 657. The van der Waals surface area contributed by atoms with E-state index < -0.39 is 17.5 Å². The number of nitrogens with one attached hydrogen (secondary N) is 1. The summed E-state index contributed by atoms with van der Waals surface area (Å²) in [4.78, 5) is 14.1. The van der Waals surface area contributed by atoms with Gasteiger partial charge in [0.05, 0.1) is 21.3 Å². The molecular weight excluding hydrogens is 339 g/mol. The first-order valence-electron chi connectivity index (χ1n) is 4.40. The maximum absolute atomic E-state index is 12.5. The lowest BCUT2D eigenvalue weighted by atomic mass is 10.2. The predicted octanol–water partition coefficient (Wildman–Crippen LogP) is 4.54. The Morgan fingerprint density at radius 1 is 1.24 bits per heavy atom. The van der Waals surface area contributed by atoms with Crippen LogP contribution in [0.1, 0.15) is 12.1 Å². The third kappa shape index (κ3) is 2.19. The molecule has 7 heteroatoms. The molecule has 0 radical (unpaired) electrons. The standard InChI is InChI=1S/C10H4BrCl2F2NO/c11-4-1-3-6(17)2-5(10(14)15)16-9(3)8(13)7(4)12/h1-2,10H,(H,16,17). The van der Waals surface area contributed by atoms with Gasteiger partial charge in [0.25, 0.3) is 6.43 Å². The zero-order valence-corrected chi connectivity index (χ0v) is 11.1. The number of alkyl halides is 2. The van der Waals surface area contributed by atoms with E-state index in [4.69, 9.17) is 23.2 Å². The van der Waals surface area contributed by atoms with Crippen molar-refractivity contribution in [3.8, 4) is 0 Å². The van der Waals surface area contributed by atoms with Gasteiger partial charge in [-0.25, -0.2) is 8.78 Å². The van der Waals surface area contributed by atoms with Crippen molar-refractivity contribution in [3.63, 3.8) is 0 Å². The second kappa shape index (κ2) is 4.55. The number of aromatic amines is 1. The molecule has 17 heavy (non-hydrogen) atoms. The van der Waals surface area contributed by atoms with Gasteiger partial charge in [0.1, 0.15) is 0 Å². The summed E-state index contributed by atoms with van der Waals surface area (Å²) in [7, 11) is 0. The highest BCUT2D eigenvalue weighted by Crippen LogP contribution is 2.35. The Kier molecular flexibility index (Phi) is 3.43. The smallest absolute Gasteiger partial charge is 0.278 e. The molecule has 0 bridgehead atoms. The van der Waals surface area contributed by atoms with Gasteiger partial charge in [-0.15, -0.1) is 0 Å². The number of halogens is 5. The van der Waals surface area contributed by atoms with Gasteiger partial charge in [-0.05, 0) is 22.0 Å². The number of H-pyrrole nitrogens is 1. The van der Waals surface area contributed by atoms with Crippen molar-refractivity contribution >= 4 is 50.0 Å². The molecule has 2 nitrogen and oxygen atoms in total. The second-order valence-corrected chi connectivity index (χ2v) is 4.91. The molecule has 0 aliphatic heterocycles. The van der Waals surface area contributed by atoms with E-state index >= 15 is 0 Å². The molecule has 0 aliphatic rings. The number of hydrogen-bond donors (Lipinski definition) is 1. The monoisotopic (exact) mass is 341 g/mol. The number of pyridine rings is 1. The van der Waals surface area contributed by atoms with Crippen molar-refractivity contribution in [2.45, 2.75) is 6.43 Å². The average molecular weight is 343 g/mol. The highest BCUT2D eigenvalue weighted by Gasteiger charge is 2.15. The molecule has 0 atom stereocenters. The summed E-state index contributed by atoms with van der Waals surface area (Å²) >= 11 is 14.9. The number of fused-ring (bicyclic) bond motifs is 1. The van der Waals surface area contributed by atoms with Gasteiger partial charge in [-0.3, -0.25) is 4.79 Å². The van der Waals surface area contributed by atoms with Crippen LogP contribution in [-0.4, -0.2) is 4.98 Å². The van der Waals surface area contributed by atoms with Crippen LogP contribution in [0.15, 0.2) is 21.4 Å². The fraction of sp³-hybridized carbons (Fsp3) is 0.100. The second-order valence-electron chi connectivity index (χ2n) is 3.30. The summed E-state index contributed by atoms with van der Waals surface area (Å²) in [6, 6.07) is 2.29. The molecule has 1 N–H and O–H groups in total. The van der Waals surface area contributed by atoms with Crippen LogP contribution in [0, 0.1) is 0 Å². The lowest BCUT2D eigenvalue weighted by Crippen LogP contribution is -2.06. The third-order valence-electron chi connectivity index (χ3n) is 2.22. The number of aromatic nitrogens is 1.